The second-order valence-electron chi connectivity index (χ2n) is 6.24. The van der Waals surface area contributed by atoms with Crippen molar-refractivity contribution >= 4 is 29.0 Å². The Bertz CT molecular complexity index is 1010. The second-order valence-corrected chi connectivity index (χ2v) is 6.24. The van der Waals surface area contributed by atoms with E-state index in [2.05, 4.69) is 10.2 Å². The predicted molar refractivity (Wildman–Crippen MR) is 104 cm³/mol. The topological polar surface area (TPSA) is 76.8 Å². The Labute approximate surface area is 162 Å². The summed E-state index contributed by atoms with van der Waals surface area (Å²) in [5.41, 5.74) is 3.29. The van der Waals surface area contributed by atoms with Crippen LogP contribution in [0.5, 0.6) is 0 Å². The fraction of sp³-hybridized carbons (Fsp3) is 0.182. The molecule has 0 spiro atoms. The molecule has 0 heterocycles. The smallest absolute Gasteiger partial charge is 0.331 e. The Hall–Kier alpha value is -3.72. The molecule has 0 aliphatic heterocycles. The summed E-state index contributed by atoms with van der Waals surface area (Å²) < 4.78 is 4.87. The van der Waals surface area contributed by atoms with Crippen LogP contribution in [0.2, 0.25) is 0 Å². The minimum atomic E-state index is -0.512. The molecule has 6 heteroatoms. The molecule has 0 atom stereocenters. The van der Waals surface area contributed by atoms with Crippen LogP contribution in [0.1, 0.15) is 39.6 Å². The van der Waals surface area contributed by atoms with Crippen LogP contribution in [0.3, 0.4) is 0 Å². The Balaban J connectivity index is 1.75. The highest BCUT2D eigenvalue weighted by atomic mass is 16.5. The number of amides is 1. The number of carbonyl (C=O) groups excluding carboxylic acids is 3. The normalized spacial score (nSPS) is 14.1. The fourth-order valence-corrected chi connectivity index (χ4v) is 3.01. The molecule has 1 aliphatic carbocycles. The summed E-state index contributed by atoms with van der Waals surface area (Å²) in [5, 5.41) is 2.80. The predicted octanol–water partition coefficient (Wildman–Crippen LogP) is 4.11. The third kappa shape index (κ3) is 4.15. The van der Waals surface area contributed by atoms with Crippen LogP contribution in [-0.2, 0) is 16.0 Å². The van der Waals surface area contributed by atoms with Crippen molar-refractivity contribution in [3.63, 3.8) is 0 Å². The molecule has 0 saturated heterocycles. The zero-order valence-corrected chi connectivity index (χ0v) is 15.3. The maximum Gasteiger partial charge on any atom is 0.331 e. The van der Waals surface area contributed by atoms with E-state index in [1.807, 2.05) is 0 Å². The number of rotatable bonds is 4. The lowest BCUT2D eigenvalue weighted by Gasteiger charge is -2.18. The summed E-state index contributed by atoms with van der Waals surface area (Å²) in [6.07, 6.45) is 2.30. The van der Waals surface area contributed by atoms with Gasteiger partial charge in [-0.05, 0) is 43.5 Å². The molecular weight excluding hydrogens is 356 g/mol. The molecular formula is C22H18N2O4. The second kappa shape index (κ2) is 8.31. The molecule has 2 aromatic carbocycles. The van der Waals surface area contributed by atoms with E-state index >= 15 is 0 Å². The molecule has 1 aliphatic rings. The number of anilines is 1. The lowest BCUT2D eigenvalue weighted by Crippen LogP contribution is -2.17. The summed E-state index contributed by atoms with van der Waals surface area (Å²) >= 11 is 0. The molecule has 0 saturated carbocycles. The average Bonchev–Trinajstić information content (AvgIpc) is 2.70. The quantitative estimate of drug-likeness (QED) is 0.496. The first-order valence-electron chi connectivity index (χ1n) is 8.85. The molecule has 140 valence electrons. The van der Waals surface area contributed by atoms with Gasteiger partial charge >= 0.3 is 5.97 Å². The van der Waals surface area contributed by atoms with Gasteiger partial charge in [0, 0.05) is 28.5 Å². The zero-order valence-electron chi connectivity index (χ0n) is 15.3. The number of benzene rings is 2. The van der Waals surface area contributed by atoms with Gasteiger partial charge in [0.15, 0.2) is 11.5 Å². The standard InChI is InChI=1S/C22H18N2O4/c1-3-28-20(25)13-16-5-4-15-12-18(10-11-19(15)21(16)26)24-22(27)14-6-8-17(23-2)9-7-14/h6-13H,3-5H2,1H3,(H,24,27)/b16-13+. The van der Waals surface area contributed by atoms with Gasteiger partial charge in [-0.3, -0.25) is 9.59 Å². The van der Waals surface area contributed by atoms with Crippen LogP contribution in [0.15, 0.2) is 54.1 Å². The number of Topliss-reactive ketones (excluding diaryl/α,β-unsaturated/α-hetero) is 1. The zero-order chi connectivity index (χ0) is 20.1. The lowest BCUT2D eigenvalue weighted by atomic mass is 9.86. The number of nitrogens with one attached hydrogen (secondary N) is 1. The van der Waals surface area contributed by atoms with Crippen molar-refractivity contribution < 1.29 is 19.1 Å². The third-order valence-electron chi connectivity index (χ3n) is 4.40. The number of nitrogens with zero attached hydrogens (tertiary/aromatic N) is 1. The van der Waals surface area contributed by atoms with Crippen molar-refractivity contribution in [1.29, 1.82) is 0 Å². The van der Waals surface area contributed by atoms with E-state index in [4.69, 9.17) is 11.3 Å². The van der Waals surface area contributed by atoms with Gasteiger partial charge in [-0.1, -0.05) is 24.3 Å². The molecule has 0 fully saturated rings. The lowest BCUT2D eigenvalue weighted by molar-refractivity contribution is -0.137. The van der Waals surface area contributed by atoms with E-state index in [0.717, 1.165) is 5.56 Å². The van der Waals surface area contributed by atoms with Gasteiger partial charge in [0.1, 0.15) is 0 Å². The maximum atomic E-state index is 12.6. The third-order valence-corrected chi connectivity index (χ3v) is 4.40. The van der Waals surface area contributed by atoms with Gasteiger partial charge in [-0.25, -0.2) is 9.64 Å². The molecule has 0 unspecified atom stereocenters. The highest BCUT2D eigenvalue weighted by Crippen LogP contribution is 2.28. The average molecular weight is 374 g/mol. The minimum absolute atomic E-state index is 0.193. The molecule has 0 aromatic heterocycles. The van der Waals surface area contributed by atoms with Gasteiger partial charge in [-0.15, -0.1) is 0 Å². The summed E-state index contributed by atoms with van der Waals surface area (Å²) in [4.78, 5) is 39.9. The van der Waals surface area contributed by atoms with Crippen molar-refractivity contribution in [2.24, 2.45) is 0 Å². The number of fused-ring (bicyclic) bond motifs is 1. The maximum absolute atomic E-state index is 12.6. The van der Waals surface area contributed by atoms with Crippen LogP contribution >= 0.6 is 0 Å². The van der Waals surface area contributed by atoms with E-state index in [1.54, 1.807) is 49.4 Å². The number of ketones is 1. The monoisotopic (exact) mass is 374 g/mol. The highest BCUT2D eigenvalue weighted by molar-refractivity contribution is 6.13. The SMILES string of the molecule is [C-]#[N+]c1ccc(C(=O)Nc2ccc3c(c2)CC/C(=C\C(=O)OCC)C3=O)cc1. The number of ether oxygens (including phenoxy) is 1. The van der Waals surface area contributed by atoms with Gasteiger partial charge in [0.2, 0.25) is 0 Å². The largest absolute Gasteiger partial charge is 0.463 e. The van der Waals surface area contributed by atoms with Crippen LogP contribution in [-0.4, -0.2) is 24.3 Å². The first-order valence-corrected chi connectivity index (χ1v) is 8.85. The minimum Gasteiger partial charge on any atom is -0.463 e. The Morgan fingerprint density at radius 3 is 2.61 bits per heavy atom. The summed E-state index contributed by atoms with van der Waals surface area (Å²) in [5.74, 6) is -0.995. The fourth-order valence-electron chi connectivity index (χ4n) is 3.01. The number of hydrogen-bond acceptors (Lipinski definition) is 4. The molecule has 0 radical (unpaired) electrons. The van der Waals surface area contributed by atoms with Crippen LogP contribution in [0.4, 0.5) is 11.4 Å². The number of allylic oxidation sites excluding steroid dienone is 1. The Morgan fingerprint density at radius 1 is 1.18 bits per heavy atom. The summed E-state index contributed by atoms with van der Waals surface area (Å²) in [6.45, 7) is 8.92. The Morgan fingerprint density at radius 2 is 1.93 bits per heavy atom. The van der Waals surface area contributed by atoms with Crippen molar-refractivity contribution in [1.82, 2.24) is 0 Å². The van der Waals surface area contributed by atoms with Crippen LogP contribution in [0, 0.1) is 6.57 Å². The van der Waals surface area contributed by atoms with Crippen molar-refractivity contribution in [2.75, 3.05) is 11.9 Å². The van der Waals surface area contributed by atoms with Gasteiger partial charge in [0.05, 0.1) is 13.2 Å². The molecule has 1 amide bonds. The molecule has 28 heavy (non-hydrogen) atoms. The van der Waals surface area contributed by atoms with Crippen LogP contribution < -0.4 is 5.32 Å². The molecule has 0 bridgehead atoms. The first kappa shape index (κ1) is 19.1. The van der Waals surface area contributed by atoms with E-state index in [-0.39, 0.29) is 18.3 Å². The molecule has 6 nitrogen and oxygen atoms in total. The van der Waals surface area contributed by atoms with Crippen molar-refractivity contribution in [2.45, 2.75) is 19.8 Å². The number of carbonyl (C=O) groups is 3. The molecule has 2 aromatic rings. The summed E-state index contributed by atoms with van der Waals surface area (Å²) in [7, 11) is 0. The molecule has 1 N–H and O–H groups in total. The van der Waals surface area contributed by atoms with E-state index in [1.165, 1.54) is 6.08 Å². The van der Waals surface area contributed by atoms with Crippen LogP contribution in [0.25, 0.3) is 4.85 Å². The number of hydrogen-bond donors (Lipinski definition) is 1. The van der Waals surface area contributed by atoms with Gasteiger partial charge in [0.25, 0.3) is 5.91 Å². The summed E-state index contributed by atoms with van der Waals surface area (Å²) in [6, 6.07) is 11.5. The molecule has 3 rings (SSSR count). The number of aryl methyl sites for hydroxylation is 1. The van der Waals surface area contributed by atoms with Crippen molar-refractivity contribution in [3.05, 3.63) is 82.2 Å². The van der Waals surface area contributed by atoms with Crippen molar-refractivity contribution in [3.8, 4) is 0 Å². The van der Waals surface area contributed by atoms with Gasteiger partial charge in [-0.2, -0.15) is 0 Å². The Kier molecular flexibility index (Phi) is 5.66. The number of esters is 1. The first-order chi connectivity index (χ1) is 13.5. The van der Waals surface area contributed by atoms with E-state index in [0.29, 0.717) is 40.9 Å². The van der Waals surface area contributed by atoms with Gasteiger partial charge < -0.3 is 10.1 Å². The highest BCUT2D eigenvalue weighted by Gasteiger charge is 2.23. The van der Waals surface area contributed by atoms with E-state index in [9.17, 15) is 14.4 Å². The van der Waals surface area contributed by atoms with E-state index < -0.39 is 5.97 Å².